The molecule has 2 heterocycles. The summed E-state index contributed by atoms with van der Waals surface area (Å²) in [6, 6.07) is 22.0. The SMILES string of the molecule is CC[C@@]12C(=O)[C@@](C)(C(c3ccccc3)=C1c1ccccc1)[C@H]1C(=O)N(c3sc4c(c3C#N)CCCC4)C(=O)[C@H]12. The van der Waals surface area contributed by atoms with Crippen molar-refractivity contribution in [1.29, 1.82) is 5.26 Å². The highest BCUT2D eigenvalue weighted by Crippen LogP contribution is 2.74. The van der Waals surface area contributed by atoms with Crippen molar-refractivity contribution >= 4 is 45.1 Å². The van der Waals surface area contributed by atoms with Gasteiger partial charge >= 0.3 is 0 Å². The predicted molar refractivity (Wildman–Crippen MR) is 151 cm³/mol. The van der Waals surface area contributed by atoms with Crippen molar-refractivity contribution in [2.75, 3.05) is 4.90 Å². The quantitative estimate of drug-likeness (QED) is 0.374. The standard InChI is InChI=1S/C33H28N2O3S/c1-3-33-25(20-14-8-5-9-15-20)24(19-12-6-4-7-13-19)32(2,31(33)38)26-27(33)29(37)35(28(26)36)30-22(18-34)21-16-10-11-17-23(21)39-30/h4-9,12-15,26-27H,3,10-11,16-17H2,1-2H3/t26-,27+,32+,33-/m1/s1. The van der Waals surface area contributed by atoms with E-state index in [2.05, 4.69) is 6.07 Å². The van der Waals surface area contributed by atoms with Gasteiger partial charge in [0.2, 0.25) is 11.8 Å². The molecule has 1 aliphatic heterocycles. The zero-order valence-corrected chi connectivity index (χ0v) is 22.8. The minimum absolute atomic E-state index is 0.0301. The van der Waals surface area contributed by atoms with Gasteiger partial charge in [-0.1, -0.05) is 67.6 Å². The molecule has 4 aliphatic rings. The highest BCUT2D eigenvalue weighted by molar-refractivity contribution is 7.17. The lowest BCUT2D eigenvalue weighted by Gasteiger charge is -2.37. The topological polar surface area (TPSA) is 78.2 Å². The highest BCUT2D eigenvalue weighted by atomic mass is 32.1. The Kier molecular flexibility index (Phi) is 5.18. The van der Waals surface area contributed by atoms with Crippen LogP contribution in [0.25, 0.3) is 11.1 Å². The molecule has 7 rings (SSSR count). The summed E-state index contributed by atoms with van der Waals surface area (Å²) in [4.78, 5) is 45.9. The first-order valence-corrected chi connectivity index (χ1v) is 14.6. The summed E-state index contributed by atoms with van der Waals surface area (Å²) in [6.07, 6.45) is 4.13. The van der Waals surface area contributed by atoms with Crippen molar-refractivity contribution in [3.63, 3.8) is 0 Å². The molecule has 3 aromatic rings. The van der Waals surface area contributed by atoms with Crippen molar-refractivity contribution in [3.05, 3.63) is 87.8 Å². The summed E-state index contributed by atoms with van der Waals surface area (Å²) < 4.78 is 0. The summed E-state index contributed by atoms with van der Waals surface area (Å²) in [6.45, 7) is 3.84. The molecule has 0 N–H and O–H groups in total. The Hall–Kier alpha value is -3.82. The lowest BCUT2D eigenvalue weighted by molar-refractivity contribution is -0.134. The van der Waals surface area contributed by atoms with Gasteiger partial charge in [0.1, 0.15) is 11.1 Å². The van der Waals surface area contributed by atoms with Gasteiger partial charge in [-0.3, -0.25) is 14.4 Å². The van der Waals surface area contributed by atoms with Gasteiger partial charge in [-0.25, -0.2) is 4.90 Å². The summed E-state index contributed by atoms with van der Waals surface area (Å²) in [5.41, 5.74) is 2.74. The zero-order valence-electron chi connectivity index (χ0n) is 22.0. The van der Waals surface area contributed by atoms with Gasteiger partial charge < -0.3 is 0 Å². The van der Waals surface area contributed by atoms with Gasteiger partial charge in [-0.15, -0.1) is 11.3 Å². The first kappa shape index (κ1) is 24.2. The number of fused-ring (bicyclic) bond motifs is 6. The first-order valence-electron chi connectivity index (χ1n) is 13.7. The summed E-state index contributed by atoms with van der Waals surface area (Å²) in [5.74, 6) is -2.30. The Labute approximate surface area is 231 Å². The highest BCUT2D eigenvalue weighted by Gasteiger charge is 2.80. The van der Waals surface area contributed by atoms with Crippen LogP contribution in [0.2, 0.25) is 0 Å². The van der Waals surface area contributed by atoms with E-state index in [1.807, 2.05) is 74.5 Å². The van der Waals surface area contributed by atoms with E-state index in [4.69, 9.17) is 0 Å². The Morgan fingerprint density at radius 2 is 1.49 bits per heavy atom. The molecule has 1 saturated heterocycles. The number of benzene rings is 2. The van der Waals surface area contributed by atoms with Crippen LogP contribution in [0.1, 0.15) is 60.2 Å². The molecule has 0 radical (unpaired) electrons. The number of hydrogen-bond donors (Lipinski definition) is 0. The van der Waals surface area contributed by atoms with Gasteiger partial charge in [0, 0.05) is 4.88 Å². The number of aryl methyl sites for hydroxylation is 1. The maximum atomic E-state index is 14.6. The fourth-order valence-electron chi connectivity index (χ4n) is 8.15. The molecule has 1 aromatic heterocycles. The number of allylic oxidation sites excluding steroid dienone is 2. The molecule has 2 fully saturated rings. The van der Waals surface area contributed by atoms with Gasteiger partial charge in [0.05, 0.1) is 28.2 Å². The Balaban J connectivity index is 1.48. The van der Waals surface area contributed by atoms with E-state index in [9.17, 15) is 19.6 Å². The van der Waals surface area contributed by atoms with E-state index in [1.165, 1.54) is 16.2 Å². The van der Waals surface area contributed by atoms with Crippen LogP contribution in [0.3, 0.4) is 0 Å². The van der Waals surface area contributed by atoms with Crippen LogP contribution in [0.15, 0.2) is 60.7 Å². The summed E-state index contributed by atoms with van der Waals surface area (Å²) in [5, 5.41) is 10.6. The molecule has 39 heavy (non-hydrogen) atoms. The number of thiophene rings is 1. The Bertz CT molecular complexity index is 1650. The minimum Gasteiger partial charge on any atom is -0.298 e. The van der Waals surface area contributed by atoms with Crippen LogP contribution in [0.4, 0.5) is 5.00 Å². The van der Waals surface area contributed by atoms with E-state index in [0.717, 1.165) is 58.4 Å². The van der Waals surface area contributed by atoms with Crippen molar-refractivity contribution < 1.29 is 14.4 Å². The number of hydrogen-bond acceptors (Lipinski definition) is 5. The average Bonchev–Trinajstić information content (AvgIpc) is 3.59. The Morgan fingerprint density at radius 1 is 0.897 bits per heavy atom. The second kappa shape index (κ2) is 8.34. The first-order chi connectivity index (χ1) is 18.9. The number of nitriles is 1. The smallest absolute Gasteiger partial charge is 0.239 e. The summed E-state index contributed by atoms with van der Waals surface area (Å²) >= 11 is 1.42. The van der Waals surface area contributed by atoms with Crippen LogP contribution in [0.5, 0.6) is 0 Å². The normalized spacial score (nSPS) is 29.2. The van der Waals surface area contributed by atoms with Crippen LogP contribution in [0, 0.1) is 34.0 Å². The number of amides is 2. The Morgan fingerprint density at radius 3 is 2.10 bits per heavy atom. The van der Waals surface area contributed by atoms with Crippen LogP contribution in [-0.2, 0) is 27.2 Å². The van der Waals surface area contributed by atoms with Crippen molar-refractivity contribution in [2.45, 2.75) is 46.0 Å². The van der Waals surface area contributed by atoms with E-state index in [-0.39, 0.29) is 17.6 Å². The molecular formula is C33H28N2O3S. The molecule has 2 aromatic carbocycles. The van der Waals surface area contributed by atoms with Gasteiger partial charge in [-0.2, -0.15) is 5.26 Å². The molecule has 0 unspecified atom stereocenters. The average molecular weight is 533 g/mol. The largest absolute Gasteiger partial charge is 0.298 e. The molecule has 2 bridgehead atoms. The molecule has 0 spiro atoms. The van der Waals surface area contributed by atoms with E-state index >= 15 is 0 Å². The lowest BCUT2D eigenvalue weighted by atomic mass is 9.62. The predicted octanol–water partition coefficient (Wildman–Crippen LogP) is 6.21. The van der Waals surface area contributed by atoms with Crippen LogP contribution >= 0.6 is 11.3 Å². The van der Waals surface area contributed by atoms with Crippen molar-refractivity contribution in [2.24, 2.45) is 22.7 Å². The van der Waals surface area contributed by atoms with Crippen molar-refractivity contribution in [1.82, 2.24) is 0 Å². The number of rotatable bonds is 4. The molecule has 6 heteroatoms. The van der Waals surface area contributed by atoms with Gasteiger partial charge in [0.25, 0.3) is 0 Å². The number of carbonyl (C=O) groups excluding carboxylic acids is 3. The third-order valence-corrected chi connectivity index (χ3v) is 11.0. The number of Topliss-reactive ketones (excluding diaryl/α,β-unsaturated/α-hetero) is 1. The van der Waals surface area contributed by atoms with Gasteiger partial charge in [-0.05, 0) is 66.9 Å². The third-order valence-electron chi connectivity index (χ3n) is 9.70. The van der Waals surface area contributed by atoms with Gasteiger partial charge in [0.15, 0.2) is 5.78 Å². The second-order valence-corrected chi connectivity index (χ2v) is 12.4. The molecule has 5 nitrogen and oxygen atoms in total. The van der Waals surface area contributed by atoms with E-state index in [0.29, 0.717) is 17.0 Å². The molecule has 1 saturated carbocycles. The molecular weight excluding hydrogens is 504 g/mol. The zero-order chi connectivity index (χ0) is 27.1. The fraction of sp³-hybridized carbons (Fsp3) is 0.333. The number of anilines is 1. The second-order valence-electron chi connectivity index (χ2n) is 11.3. The van der Waals surface area contributed by atoms with Crippen LogP contribution in [-0.4, -0.2) is 17.6 Å². The monoisotopic (exact) mass is 532 g/mol. The molecule has 3 aliphatic carbocycles. The summed E-state index contributed by atoms with van der Waals surface area (Å²) in [7, 11) is 0. The van der Waals surface area contributed by atoms with E-state index < -0.39 is 22.7 Å². The maximum Gasteiger partial charge on any atom is 0.239 e. The number of carbonyl (C=O) groups is 3. The van der Waals surface area contributed by atoms with Crippen LogP contribution < -0.4 is 4.90 Å². The number of ketones is 1. The number of imide groups is 1. The minimum atomic E-state index is -1.15. The fourth-order valence-corrected chi connectivity index (χ4v) is 9.50. The molecule has 4 atom stereocenters. The third kappa shape index (κ3) is 2.81. The van der Waals surface area contributed by atoms with E-state index in [1.54, 1.807) is 0 Å². The van der Waals surface area contributed by atoms with Crippen molar-refractivity contribution in [3.8, 4) is 6.07 Å². The molecule has 2 amide bonds. The number of nitrogens with zero attached hydrogens (tertiary/aromatic N) is 2. The lowest BCUT2D eigenvalue weighted by Crippen LogP contribution is -2.41. The molecule has 194 valence electrons. The maximum absolute atomic E-state index is 14.6.